The molecule has 0 saturated heterocycles. The second kappa shape index (κ2) is 8.08. The highest BCUT2D eigenvalue weighted by atomic mass is 32.1. The van der Waals surface area contributed by atoms with Crippen molar-refractivity contribution in [2.75, 3.05) is 25.6 Å². The van der Waals surface area contributed by atoms with E-state index in [2.05, 4.69) is 15.0 Å². The normalized spacial score (nSPS) is 13.1. The minimum Gasteiger partial charge on any atom is -0.493 e. The lowest BCUT2D eigenvalue weighted by molar-refractivity contribution is 0.0734. The van der Waals surface area contributed by atoms with E-state index in [4.69, 9.17) is 4.74 Å². The molecule has 4 rings (SSSR count). The van der Waals surface area contributed by atoms with Crippen LogP contribution in [0.15, 0.2) is 36.4 Å². The summed E-state index contributed by atoms with van der Waals surface area (Å²) in [5.74, 6) is 0.533. The van der Waals surface area contributed by atoms with E-state index >= 15 is 0 Å². The van der Waals surface area contributed by atoms with Crippen molar-refractivity contribution in [3.63, 3.8) is 0 Å². The molecule has 0 aliphatic carbocycles. The first-order chi connectivity index (χ1) is 14.1. The average Bonchev–Trinajstić information content (AvgIpc) is 3.14. The summed E-state index contributed by atoms with van der Waals surface area (Å²) < 4.78 is 10.4. The Balaban J connectivity index is 1.64. The number of hydrogen-bond acceptors (Lipinski definition) is 6. The molecule has 7 nitrogen and oxygen atoms in total. The van der Waals surface area contributed by atoms with Crippen molar-refractivity contribution in [2.24, 2.45) is 0 Å². The van der Waals surface area contributed by atoms with Gasteiger partial charge in [0.1, 0.15) is 5.75 Å². The first-order valence-electron chi connectivity index (χ1n) is 9.38. The van der Waals surface area contributed by atoms with Crippen LogP contribution in [-0.4, -0.2) is 42.1 Å². The molecule has 2 heterocycles. The number of carbonyl (C=O) groups is 2. The molecule has 0 unspecified atom stereocenters. The molecule has 29 heavy (non-hydrogen) atoms. The molecule has 3 aromatic rings. The van der Waals surface area contributed by atoms with E-state index in [-0.39, 0.29) is 5.91 Å². The first kappa shape index (κ1) is 19.2. The summed E-state index contributed by atoms with van der Waals surface area (Å²) in [4.78, 5) is 32.1. The van der Waals surface area contributed by atoms with E-state index in [1.54, 1.807) is 0 Å². The maximum Gasteiger partial charge on any atom is 0.413 e. The molecule has 0 spiro atoms. The average molecular weight is 411 g/mol. The van der Waals surface area contributed by atoms with Crippen LogP contribution in [0.5, 0.6) is 5.75 Å². The molecular weight excluding hydrogens is 390 g/mol. The van der Waals surface area contributed by atoms with E-state index in [0.717, 1.165) is 21.3 Å². The molecular formula is C21H21N3O4S. The molecule has 2 amide bonds. The Morgan fingerprint density at radius 3 is 2.86 bits per heavy atom. The molecule has 8 heteroatoms. The monoisotopic (exact) mass is 411 g/mol. The van der Waals surface area contributed by atoms with Crippen LogP contribution in [0.1, 0.15) is 27.9 Å². The molecule has 1 aromatic heterocycles. The number of benzene rings is 2. The molecule has 2 aromatic carbocycles. The first-order valence-corrected chi connectivity index (χ1v) is 10.2. The predicted molar refractivity (Wildman–Crippen MR) is 112 cm³/mol. The van der Waals surface area contributed by atoms with Crippen LogP contribution in [-0.2, 0) is 17.7 Å². The summed E-state index contributed by atoms with van der Waals surface area (Å²) >= 11 is 1.37. The van der Waals surface area contributed by atoms with Gasteiger partial charge in [-0.05, 0) is 23.8 Å². The number of anilines is 1. The summed E-state index contributed by atoms with van der Waals surface area (Å²) in [5, 5.41) is 4.96. The van der Waals surface area contributed by atoms with Crippen LogP contribution >= 0.6 is 11.3 Å². The van der Waals surface area contributed by atoms with Gasteiger partial charge in [-0.3, -0.25) is 10.1 Å². The standard InChI is InChI=1S/C21H21N3O4S/c1-3-28-16-9-8-13-6-4-5-7-14(13)18(16)19(25)24-11-10-15-17(12-24)29-20(22-15)23-21(26)27-2/h4-9H,3,10-12H2,1-2H3,(H,22,23,26). The highest BCUT2D eigenvalue weighted by Crippen LogP contribution is 2.33. The highest BCUT2D eigenvalue weighted by molar-refractivity contribution is 7.15. The number of nitrogens with zero attached hydrogens (tertiary/aromatic N) is 2. The van der Waals surface area contributed by atoms with Gasteiger partial charge in [0.25, 0.3) is 5.91 Å². The van der Waals surface area contributed by atoms with Crippen molar-refractivity contribution in [3.8, 4) is 5.75 Å². The second-order valence-electron chi connectivity index (χ2n) is 6.58. The van der Waals surface area contributed by atoms with Gasteiger partial charge < -0.3 is 14.4 Å². The fourth-order valence-corrected chi connectivity index (χ4v) is 4.48. The van der Waals surface area contributed by atoms with Gasteiger partial charge in [-0.1, -0.05) is 41.7 Å². The van der Waals surface area contributed by atoms with Gasteiger partial charge in [-0.2, -0.15) is 0 Å². The van der Waals surface area contributed by atoms with Crippen molar-refractivity contribution in [2.45, 2.75) is 19.9 Å². The van der Waals surface area contributed by atoms with Gasteiger partial charge in [0.2, 0.25) is 0 Å². The molecule has 0 atom stereocenters. The molecule has 0 saturated carbocycles. The largest absolute Gasteiger partial charge is 0.493 e. The van der Waals surface area contributed by atoms with Crippen LogP contribution in [0, 0.1) is 0 Å². The van der Waals surface area contributed by atoms with Crippen LogP contribution in [0.4, 0.5) is 9.93 Å². The molecule has 1 N–H and O–H groups in total. The van der Waals surface area contributed by atoms with Crippen LogP contribution in [0.25, 0.3) is 10.8 Å². The Morgan fingerprint density at radius 1 is 1.24 bits per heavy atom. The minimum absolute atomic E-state index is 0.0632. The number of methoxy groups -OCH3 is 1. The summed E-state index contributed by atoms with van der Waals surface area (Å²) in [6, 6.07) is 11.7. The van der Waals surface area contributed by atoms with Crippen molar-refractivity contribution < 1.29 is 19.1 Å². The third kappa shape index (κ3) is 3.75. The van der Waals surface area contributed by atoms with E-state index < -0.39 is 6.09 Å². The van der Waals surface area contributed by atoms with Gasteiger partial charge in [-0.15, -0.1) is 0 Å². The fourth-order valence-electron chi connectivity index (χ4n) is 3.47. The zero-order valence-electron chi connectivity index (χ0n) is 16.2. The molecule has 150 valence electrons. The lowest BCUT2D eigenvalue weighted by Crippen LogP contribution is -2.35. The summed E-state index contributed by atoms with van der Waals surface area (Å²) in [6.45, 7) is 3.40. The number of aromatic nitrogens is 1. The van der Waals surface area contributed by atoms with Gasteiger partial charge >= 0.3 is 6.09 Å². The molecule has 1 aliphatic rings. The van der Waals surface area contributed by atoms with E-state index in [0.29, 0.717) is 42.6 Å². The maximum absolute atomic E-state index is 13.5. The second-order valence-corrected chi connectivity index (χ2v) is 7.66. The van der Waals surface area contributed by atoms with Crippen molar-refractivity contribution >= 4 is 39.2 Å². The van der Waals surface area contributed by atoms with Gasteiger partial charge in [0, 0.05) is 17.8 Å². The van der Waals surface area contributed by atoms with Crippen LogP contribution in [0.3, 0.4) is 0 Å². The number of amides is 2. The lowest BCUT2D eigenvalue weighted by Gasteiger charge is -2.27. The number of carbonyl (C=O) groups excluding carboxylic acids is 2. The zero-order chi connectivity index (χ0) is 20.4. The summed E-state index contributed by atoms with van der Waals surface area (Å²) in [7, 11) is 1.31. The van der Waals surface area contributed by atoms with Crippen molar-refractivity contribution in [1.29, 1.82) is 0 Å². The molecule has 1 aliphatic heterocycles. The van der Waals surface area contributed by atoms with E-state index in [9.17, 15) is 9.59 Å². The Hall–Kier alpha value is -3.13. The Bertz CT molecular complexity index is 1080. The Morgan fingerprint density at radius 2 is 2.07 bits per heavy atom. The summed E-state index contributed by atoms with van der Waals surface area (Å²) in [5.41, 5.74) is 1.50. The van der Waals surface area contributed by atoms with Crippen molar-refractivity contribution in [3.05, 3.63) is 52.5 Å². The summed E-state index contributed by atoms with van der Waals surface area (Å²) in [6.07, 6.45) is 0.0796. The van der Waals surface area contributed by atoms with Gasteiger partial charge in [0.15, 0.2) is 5.13 Å². The maximum atomic E-state index is 13.5. The van der Waals surface area contributed by atoms with E-state index in [1.165, 1.54) is 18.4 Å². The molecule has 0 fully saturated rings. The predicted octanol–water partition coefficient (Wildman–Crippen LogP) is 4.07. The zero-order valence-corrected chi connectivity index (χ0v) is 17.0. The number of ether oxygens (including phenoxy) is 2. The lowest BCUT2D eigenvalue weighted by atomic mass is 10.0. The quantitative estimate of drug-likeness (QED) is 0.700. The molecule has 0 radical (unpaired) electrons. The fraction of sp³-hybridized carbons (Fsp3) is 0.286. The third-order valence-corrected chi connectivity index (χ3v) is 5.82. The van der Waals surface area contributed by atoms with Gasteiger partial charge in [0.05, 0.1) is 31.5 Å². The van der Waals surface area contributed by atoms with E-state index in [1.807, 2.05) is 48.2 Å². The number of hydrogen-bond donors (Lipinski definition) is 1. The Kier molecular flexibility index (Phi) is 5.35. The smallest absolute Gasteiger partial charge is 0.413 e. The number of thiazole rings is 1. The number of rotatable bonds is 4. The molecule has 0 bridgehead atoms. The number of nitrogens with one attached hydrogen (secondary N) is 1. The highest BCUT2D eigenvalue weighted by Gasteiger charge is 2.28. The van der Waals surface area contributed by atoms with Crippen LogP contribution in [0.2, 0.25) is 0 Å². The SMILES string of the molecule is CCOc1ccc2ccccc2c1C(=O)N1CCc2nc(NC(=O)OC)sc2C1. The van der Waals surface area contributed by atoms with Crippen molar-refractivity contribution in [1.82, 2.24) is 9.88 Å². The van der Waals surface area contributed by atoms with Gasteiger partial charge in [-0.25, -0.2) is 9.78 Å². The van der Waals surface area contributed by atoms with Crippen LogP contribution < -0.4 is 10.1 Å². The number of fused-ring (bicyclic) bond motifs is 2. The Labute approximate surface area is 172 Å². The minimum atomic E-state index is -0.554. The topological polar surface area (TPSA) is 80.8 Å². The third-order valence-electron chi connectivity index (χ3n) is 4.82.